The predicted octanol–water partition coefficient (Wildman–Crippen LogP) is 1.32. The van der Waals surface area contributed by atoms with Crippen LogP contribution in [0.4, 0.5) is 5.13 Å². The number of aryl methyl sites for hydroxylation is 1. The fourth-order valence-electron chi connectivity index (χ4n) is 3.24. The number of fused-ring (bicyclic) bond motifs is 1. The van der Waals surface area contributed by atoms with E-state index in [2.05, 4.69) is 20.2 Å². The van der Waals surface area contributed by atoms with Crippen molar-refractivity contribution in [3.05, 3.63) is 35.4 Å². The van der Waals surface area contributed by atoms with Gasteiger partial charge in [0.2, 0.25) is 20.0 Å². The first-order valence-corrected chi connectivity index (χ1v) is 12.2. The van der Waals surface area contributed by atoms with Crippen LogP contribution >= 0.6 is 11.3 Å². The van der Waals surface area contributed by atoms with Crippen LogP contribution in [0.5, 0.6) is 0 Å². The van der Waals surface area contributed by atoms with Crippen LogP contribution in [-0.2, 0) is 20.0 Å². The van der Waals surface area contributed by atoms with Crippen LogP contribution in [0.3, 0.4) is 0 Å². The maximum Gasteiger partial charge on any atom is 0.240 e. The molecule has 3 aromatic rings. The minimum Gasteiger partial charge on any atom is -0.375 e. The van der Waals surface area contributed by atoms with Crippen molar-refractivity contribution < 1.29 is 16.8 Å². The highest BCUT2D eigenvalue weighted by molar-refractivity contribution is 7.92. The van der Waals surface area contributed by atoms with Gasteiger partial charge in [0, 0.05) is 5.56 Å². The van der Waals surface area contributed by atoms with Gasteiger partial charge in [0.1, 0.15) is 9.79 Å². The SMILES string of the molecule is Cc1ccc(-c2ccc(S(N)(=O)=O)c(S(N)(=O)=O)c2C2=NCN=N2)c2nc(N)sc12. The molecule has 0 radical (unpaired) electrons. The van der Waals surface area contributed by atoms with Crippen molar-refractivity contribution in [2.45, 2.75) is 16.7 Å². The van der Waals surface area contributed by atoms with Crippen LogP contribution in [-0.4, -0.2) is 34.3 Å². The first-order chi connectivity index (χ1) is 14.0. The van der Waals surface area contributed by atoms with E-state index in [4.69, 9.17) is 16.0 Å². The van der Waals surface area contributed by atoms with Crippen LogP contribution in [0, 0.1) is 6.92 Å². The van der Waals surface area contributed by atoms with E-state index >= 15 is 0 Å². The number of nitrogen functional groups attached to an aromatic ring is 1. The number of sulfonamides is 2. The Balaban J connectivity index is 2.21. The van der Waals surface area contributed by atoms with E-state index in [0.29, 0.717) is 21.8 Å². The van der Waals surface area contributed by atoms with Crippen molar-refractivity contribution >= 4 is 52.6 Å². The highest BCUT2D eigenvalue weighted by atomic mass is 32.2. The summed E-state index contributed by atoms with van der Waals surface area (Å²) in [6, 6.07) is 6.05. The maximum atomic E-state index is 12.5. The molecule has 0 spiro atoms. The molecule has 1 aliphatic rings. The zero-order chi connectivity index (χ0) is 21.8. The first kappa shape index (κ1) is 20.5. The monoisotopic (exact) mass is 465 g/mol. The molecular weight excluding hydrogens is 450 g/mol. The molecule has 0 atom stereocenters. The van der Waals surface area contributed by atoms with Crippen LogP contribution in [0.25, 0.3) is 21.3 Å². The van der Waals surface area contributed by atoms with Gasteiger partial charge in [0.25, 0.3) is 0 Å². The number of nitrogens with zero attached hydrogens (tertiary/aromatic N) is 4. The Morgan fingerprint density at radius 1 is 1.00 bits per heavy atom. The summed E-state index contributed by atoms with van der Waals surface area (Å²) in [5.74, 6) is -0.0727. The number of amidine groups is 1. The second-order valence-electron chi connectivity index (χ2n) is 6.43. The summed E-state index contributed by atoms with van der Waals surface area (Å²) in [7, 11) is -8.99. The summed E-state index contributed by atoms with van der Waals surface area (Å²) in [5, 5.41) is 18.6. The summed E-state index contributed by atoms with van der Waals surface area (Å²) in [4.78, 5) is 7.08. The van der Waals surface area contributed by atoms with Gasteiger partial charge in [0.05, 0.1) is 15.8 Å². The number of hydrogen-bond donors (Lipinski definition) is 3. The summed E-state index contributed by atoms with van der Waals surface area (Å²) in [6.45, 7) is 1.85. The van der Waals surface area contributed by atoms with Gasteiger partial charge >= 0.3 is 0 Å². The number of hydrogen-bond acceptors (Lipinski definition) is 10. The lowest BCUT2D eigenvalue weighted by atomic mass is 9.97. The predicted molar refractivity (Wildman–Crippen MR) is 113 cm³/mol. The van der Waals surface area contributed by atoms with E-state index in [9.17, 15) is 16.8 Å². The number of primary sulfonamides is 2. The number of anilines is 1. The van der Waals surface area contributed by atoms with Crippen molar-refractivity contribution in [2.75, 3.05) is 12.4 Å². The molecular formula is C16H15N7O4S3. The molecule has 1 aromatic heterocycles. The number of azo groups is 1. The third-order valence-corrected chi connectivity index (χ3v) is 7.53. The van der Waals surface area contributed by atoms with Crippen molar-refractivity contribution in [1.82, 2.24) is 4.98 Å². The Hall–Kier alpha value is -2.78. The van der Waals surface area contributed by atoms with Crippen LogP contribution in [0.15, 0.2) is 49.3 Å². The molecule has 30 heavy (non-hydrogen) atoms. The maximum absolute atomic E-state index is 12.5. The number of rotatable bonds is 4. The Bertz CT molecular complexity index is 1490. The Kier molecular flexibility index (Phi) is 4.70. The van der Waals surface area contributed by atoms with E-state index < -0.39 is 29.8 Å². The third-order valence-electron chi connectivity index (χ3n) is 4.43. The third kappa shape index (κ3) is 3.37. The standard InChI is InChI=1S/C16H15N7O4S3/c1-7-2-3-9(12-13(7)28-16(17)22-12)8-4-5-10(29(18,24)25)14(30(19,26)27)11(8)15-20-6-21-23-15/h2-5H,6H2,1H3,(H2,17,22)(H2,18,24,25)(H2,19,26,27). The lowest BCUT2D eigenvalue weighted by molar-refractivity contribution is 0.584. The number of aliphatic imine (C=N–C) groups is 1. The molecule has 2 heterocycles. The van der Waals surface area contributed by atoms with Crippen molar-refractivity contribution in [1.29, 1.82) is 0 Å². The molecule has 2 aromatic carbocycles. The number of benzene rings is 2. The molecule has 1 aliphatic heterocycles. The molecule has 4 rings (SSSR count). The van der Waals surface area contributed by atoms with Gasteiger partial charge in [-0.3, -0.25) is 0 Å². The van der Waals surface area contributed by atoms with E-state index in [1.807, 2.05) is 13.0 Å². The largest absolute Gasteiger partial charge is 0.375 e. The molecule has 156 valence electrons. The molecule has 0 bridgehead atoms. The fraction of sp³-hybridized carbons (Fsp3) is 0.125. The minimum atomic E-state index is -4.56. The average molecular weight is 466 g/mol. The quantitative estimate of drug-likeness (QED) is 0.519. The molecule has 0 fully saturated rings. The first-order valence-electron chi connectivity index (χ1n) is 8.29. The topological polar surface area (TPSA) is 196 Å². The van der Waals surface area contributed by atoms with Crippen molar-refractivity contribution in [2.24, 2.45) is 25.5 Å². The van der Waals surface area contributed by atoms with Crippen molar-refractivity contribution in [3.8, 4) is 11.1 Å². The molecule has 6 N–H and O–H groups in total. The van der Waals surface area contributed by atoms with Gasteiger partial charge in [-0.2, -0.15) is 5.11 Å². The van der Waals surface area contributed by atoms with Crippen LogP contribution < -0.4 is 16.0 Å². The number of aromatic nitrogens is 1. The van der Waals surface area contributed by atoms with Gasteiger partial charge in [-0.25, -0.2) is 37.1 Å². The van der Waals surface area contributed by atoms with Gasteiger partial charge in [0.15, 0.2) is 17.6 Å². The van der Waals surface area contributed by atoms with E-state index in [-0.39, 0.29) is 18.1 Å². The smallest absolute Gasteiger partial charge is 0.240 e. The van der Waals surface area contributed by atoms with E-state index in [0.717, 1.165) is 16.3 Å². The molecule has 0 amide bonds. The Morgan fingerprint density at radius 3 is 2.30 bits per heavy atom. The number of thiazole rings is 1. The molecule has 11 nitrogen and oxygen atoms in total. The average Bonchev–Trinajstić information content (AvgIpc) is 3.29. The normalized spacial score (nSPS) is 14.4. The highest BCUT2D eigenvalue weighted by Crippen LogP contribution is 2.40. The Labute approximate surface area is 175 Å². The molecule has 0 unspecified atom stereocenters. The summed E-state index contributed by atoms with van der Waals surface area (Å²) in [6.07, 6.45) is 0. The summed E-state index contributed by atoms with van der Waals surface area (Å²) >= 11 is 1.28. The zero-order valence-electron chi connectivity index (χ0n) is 15.4. The van der Waals surface area contributed by atoms with E-state index in [1.165, 1.54) is 17.4 Å². The van der Waals surface area contributed by atoms with Gasteiger partial charge in [-0.1, -0.05) is 29.5 Å². The van der Waals surface area contributed by atoms with Crippen LogP contribution in [0.1, 0.15) is 11.1 Å². The molecule has 0 saturated carbocycles. The minimum absolute atomic E-state index is 0.0363. The number of nitrogens with two attached hydrogens (primary N) is 3. The molecule has 0 saturated heterocycles. The second kappa shape index (κ2) is 6.88. The second-order valence-corrected chi connectivity index (χ2v) is 10.5. The van der Waals surface area contributed by atoms with Crippen molar-refractivity contribution in [3.63, 3.8) is 0 Å². The fourth-order valence-corrected chi connectivity index (χ4v) is 6.22. The molecule has 14 heteroatoms. The van der Waals surface area contributed by atoms with E-state index in [1.54, 1.807) is 6.07 Å². The summed E-state index contributed by atoms with van der Waals surface area (Å²) < 4.78 is 50.0. The Morgan fingerprint density at radius 2 is 1.70 bits per heavy atom. The van der Waals surface area contributed by atoms with Gasteiger partial charge < -0.3 is 5.73 Å². The lowest BCUT2D eigenvalue weighted by Crippen LogP contribution is -2.24. The zero-order valence-corrected chi connectivity index (χ0v) is 17.8. The summed E-state index contributed by atoms with van der Waals surface area (Å²) in [5.41, 5.74) is 8.04. The molecule has 0 aliphatic carbocycles. The highest BCUT2D eigenvalue weighted by Gasteiger charge is 2.32. The van der Waals surface area contributed by atoms with Gasteiger partial charge in [-0.05, 0) is 24.1 Å². The lowest BCUT2D eigenvalue weighted by Gasteiger charge is -2.16. The van der Waals surface area contributed by atoms with Gasteiger partial charge in [-0.15, -0.1) is 5.11 Å². The van der Waals surface area contributed by atoms with Crippen LogP contribution in [0.2, 0.25) is 0 Å².